The highest BCUT2D eigenvalue weighted by atomic mass is 19.1. The molecule has 0 unspecified atom stereocenters. The molecule has 0 fully saturated rings. The average molecular weight is 245 g/mol. The molecular weight excluding hydrogens is 229 g/mol. The zero-order chi connectivity index (χ0) is 13.4. The van der Waals surface area contributed by atoms with Crippen molar-refractivity contribution in [3.63, 3.8) is 0 Å². The first-order valence-corrected chi connectivity index (χ1v) is 5.80. The summed E-state index contributed by atoms with van der Waals surface area (Å²) in [6.07, 6.45) is 0. The summed E-state index contributed by atoms with van der Waals surface area (Å²) in [4.78, 5) is 4.29. The fraction of sp³-hybridized carbons (Fsp3) is 0.267. The normalized spacial score (nSPS) is 10.7. The highest BCUT2D eigenvalue weighted by molar-refractivity contribution is 5.75. The Hall–Kier alpha value is -1.90. The number of aromatic nitrogens is 1. The van der Waals surface area contributed by atoms with E-state index in [0.717, 1.165) is 16.7 Å². The van der Waals surface area contributed by atoms with Crippen LogP contribution in [0.1, 0.15) is 29.6 Å². The van der Waals surface area contributed by atoms with Crippen LogP contribution < -0.4 is 0 Å². The van der Waals surface area contributed by atoms with Crippen LogP contribution in [-0.4, -0.2) is 4.98 Å². The van der Waals surface area contributed by atoms with Gasteiger partial charge in [-0.2, -0.15) is 0 Å². The van der Waals surface area contributed by atoms with Gasteiger partial charge in [0, 0.05) is 12.5 Å². The predicted octanol–water partition coefficient (Wildman–Crippen LogP) is 4.44. The Morgan fingerprint density at radius 2 is 1.89 bits per heavy atom. The van der Waals surface area contributed by atoms with Gasteiger partial charge in [-0.25, -0.2) is 9.37 Å². The van der Waals surface area contributed by atoms with Gasteiger partial charge in [-0.15, -0.1) is 0 Å². The molecule has 3 heteroatoms. The maximum absolute atomic E-state index is 13.7. The van der Waals surface area contributed by atoms with Crippen LogP contribution in [0.2, 0.25) is 0 Å². The molecule has 0 aliphatic rings. The lowest BCUT2D eigenvalue weighted by Gasteiger charge is -2.07. The number of rotatable bonds is 2. The topological polar surface area (TPSA) is 26.0 Å². The number of oxazole rings is 1. The third kappa shape index (κ3) is 2.08. The van der Waals surface area contributed by atoms with Gasteiger partial charge in [-0.05, 0) is 43.5 Å². The first kappa shape index (κ1) is 12.6. The van der Waals surface area contributed by atoms with Crippen molar-refractivity contribution in [2.75, 3.05) is 0 Å². The van der Waals surface area contributed by atoms with Crippen molar-refractivity contribution in [1.29, 1.82) is 0 Å². The summed E-state index contributed by atoms with van der Waals surface area (Å²) >= 11 is 0. The summed E-state index contributed by atoms with van der Waals surface area (Å²) in [5.41, 5.74) is 3.83. The average Bonchev–Trinajstić information content (AvgIpc) is 2.65. The van der Waals surface area contributed by atoms with E-state index in [1.165, 1.54) is 6.07 Å². The first-order chi connectivity index (χ1) is 8.40. The number of hydrogen-bond acceptors (Lipinski definition) is 2. The fourth-order valence-electron chi connectivity index (χ4n) is 1.97. The Balaban J connectivity index is 2.69. The molecule has 18 heavy (non-hydrogen) atoms. The Kier molecular flexibility index (Phi) is 3.07. The highest BCUT2D eigenvalue weighted by Crippen LogP contribution is 2.32. The van der Waals surface area contributed by atoms with Crippen molar-refractivity contribution < 1.29 is 8.81 Å². The van der Waals surface area contributed by atoms with E-state index >= 15 is 0 Å². The van der Waals surface area contributed by atoms with Gasteiger partial charge in [-0.3, -0.25) is 0 Å². The molecule has 0 N–H and O–H groups in total. The fourth-order valence-corrected chi connectivity index (χ4v) is 1.97. The molecule has 0 aliphatic heterocycles. The van der Waals surface area contributed by atoms with Crippen molar-refractivity contribution in [1.82, 2.24) is 4.98 Å². The van der Waals surface area contributed by atoms with Crippen molar-refractivity contribution in [3.8, 4) is 11.3 Å². The van der Waals surface area contributed by atoms with E-state index in [1.807, 2.05) is 19.9 Å². The molecule has 1 heterocycles. The largest absolute Gasteiger partial charge is 0.440 e. The number of halogens is 1. The van der Waals surface area contributed by atoms with E-state index in [0.29, 0.717) is 22.9 Å². The lowest BCUT2D eigenvalue weighted by molar-refractivity contribution is 0.533. The Bertz CT molecular complexity index is 626. The van der Waals surface area contributed by atoms with Crippen LogP contribution in [0.5, 0.6) is 0 Å². The van der Waals surface area contributed by atoms with Gasteiger partial charge < -0.3 is 4.42 Å². The predicted molar refractivity (Wildman–Crippen MR) is 70.8 cm³/mol. The second-order valence-electron chi connectivity index (χ2n) is 4.61. The number of allylic oxidation sites excluding steroid dienone is 1. The zero-order valence-corrected chi connectivity index (χ0v) is 11.1. The molecule has 2 aromatic rings. The Morgan fingerprint density at radius 3 is 2.50 bits per heavy atom. The van der Waals surface area contributed by atoms with Crippen molar-refractivity contribution in [2.24, 2.45) is 0 Å². The van der Waals surface area contributed by atoms with Gasteiger partial charge >= 0.3 is 0 Å². The summed E-state index contributed by atoms with van der Waals surface area (Å²) in [5.74, 6) is 0.914. The molecule has 1 aromatic carbocycles. The van der Waals surface area contributed by atoms with E-state index in [9.17, 15) is 4.39 Å². The molecule has 0 aliphatic carbocycles. The zero-order valence-electron chi connectivity index (χ0n) is 11.1. The van der Waals surface area contributed by atoms with Crippen molar-refractivity contribution in [3.05, 3.63) is 47.2 Å². The van der Waals surface area contributed by atoms with E-state index in [2.05, 4.69) is 11.6 Å². The van der Waals surface area contributed by atoms with E-state index in [1.54, 1.807) is 13.8 Å². The van der Waals surface area contributed by atoms with Crippen LogP contribution in [-0.2, 0) is 0 Å². The van der Waals surface area contributed by atoms with E-state index in [-0.39, 0.29) is 5.82 Å². The number of nitrogens with zero attached hydrogens (tertiary/aromatic N) is 1. The van der Waals surface area contributed by atoms with Gasteiger partial charge in [0.1, 0.15) is 11.5 Å². The number of hydrogen-bond donors (Lipinski definition) is 0. The SMILES string of the molecule is C=C(C)c1nc(C)oc1-c1cc(F)c(C)cc1C. The minimum Gasteiger partial charge on any atom is -0.440 e. The molecule has 0 atom stereocenters. The maximum atomic E-state index is 13.7. The first-order valence-electron chi connectivity index (χ1n) is 5.80. The van der Waals surface area contributed by atoms with Gasteiger partial charge in [-0.1, -0.05) is 12.6 Å². The summed E-state index contributed by atoms with van der Waals surface area (Å²) in [7, 11) is 0. The summed E-state index contributed by atoms with van der Waals surface area (Å²) < 4.78 is 19.3. The van der Waals surface area contributed by atoms with Gasteiger partial charge in [0.2, 0.25) is 0 Å². The van der Waals surface area contributed by atoms with Gasteiger partial charge in [0.15, 0.2) is 11.7 Å². The lowest BCUT2D eigenvalue weighted by Crippen LogP contribution is -1.91. The van der Waals surface area contributed by atoms with Crippen molar-refractivity contribution >= 4 is 5.57 Å². The van der Waals surface area contributed by atoms with Crippen LogP contribution in [0.15, 0.2) is 23.1 Å². The maximum Gasteiger partial charge on any atom is 0.192 e. The second kappa shape index (κ2) is 4.41. The Morgan fingerprint density at radius 1 is 1.22 bits per heavy atom. The molecular formula is C15H16FNO. The minimum absolute atomic E-state index is 0.239. The van der Waals surface area contributed by atoms with Crippen molar-refractivity contribution in [2.45, 2.75) is 27.7 Å². The Labute approximate surface area is 106 Å². The molecule has 1 aromatic heterocycles. The van der Waals surface area contributed by atoms with E-state index in [4.69, 9.17) is 4.42 Å². The van der Waals surface area contributed by atoms with Crippen LogP contribution >= 0.6 is 0 Å². The molecule has 2 rings (SSSR count). The smallest absolute Gasteiger partial charge is 0.192 e. The second-order valence-corrected chi connectivity index (χ2v) is 4.61. The van der Waals surface area contributed by atoms with Crippen LogP contribution in [0.3, 0.4) is 0 Å². The molecule has 2 nitrogen and oxygen atoms in total. The molecule has 0 amide bonds. The highest BCUT2D eigenvalue weighted by Gasteiger charge is 2.17. The standard InChI is InChI=1S/C15H16FNO/c1-8(2)14-15(18-11(5)17-14)12-7-13(16)10(4)6-9(12)3/h6-7H,1H2,2-5H3. The third-order valence-corrected chi connectivity index (χ3v) is 2.89. The molecule has 94 valence electrons. The monoisotopic (exact) mass is 245 g/mol. The number of benzene rings is 1. The molecule has 0 saturated heterocycles. The summed E-state index contributed by atoms with van der Waals surface area (Å²) in [6.45, 7) is 11.2. The van der Waals surface area contributed by atoms with Crippen LogP contribution in [0.25, 0.3) is 16.9 Å². The molecule has 0 saturated carbocycles. The van der Waals surface area contributed by atoms with Gasteiger partial charge in [0.05, 0.1) is 0 Å². The minimum atomic E-state index is -0.239. The summed E-state index contributed by atoms with van der Waals surface area (Å²) in [5, 5.41) is 0. The quantitative estimate of drug-likeness (QED) is 0.781. The molecule has 0 bridgehead atoms. The van der Waals surface area contributed by atoms with Crippen LogP contribution in [0.4, 0.5) is 4.39 Å². The summed E-state index contributed by atoms with van der Waals surface area (Å²) in [6, 6.07) is 3.31. The number of aryl methyl sites for hydroxylation is 3. The lowest BCUT2D eigenvalue weighted by atomic mass is 10.0. The third-order valence-electron chi connectivity index (χ3n) is 2.89. The molecule has 0 spiro atoms. The van der Waals surface area contributed by atoms with Gasteiger partial charge in [0.25, 0.3) is 0 Å². The van der Waals surface area contributed by atoms with E-state index < -0.39 is 0 Å². The van der Waals surface area contributed by atoms with Crippen LogP contribution in [0, 0.1) is 26.6 Å². The molecule has 0 radical (unpaired) electrons.